The molecule has 0 spiro atoms. The van der Waals surface area contributed by atoms with Crippen LogP contribution in [0.15, 0.2) is 28.8 Å². The number of fused-ring (bicyclic) bond motifs is 1. The normalized spacial score (nSPS) is 33.9. The summed E-state index contributed by atoms with van der Waals surface area (Å²) in [4.78, 5) is 4.60. The fourth-order valence-electron chi connectivity index (χ4n) is 1.96. The van der Waals surface area contributed by atoms with Crippen LogP contribution in [0.2, 0.25) is 0 Å². The summed E-state index contributed by atoms with van der Waals surface area (Å²) in [6.45, 7) is 2.24. The zero-order valence-corrected chi connectivity index (χ0v) is 7.59. The molecule has 1 unspecified atom stereocenters. The van der Waals surface area contributed by atoms with Crippen LogP contribution in [0.1, 0.15) is 32.6 Å². The Hall–Kier alpha value is -0.850. The molecule has 0 fully saturated rings. The van der Waals surface area contributed by atoms with E-state index < -0.39 is 0 Å². The van der Waals surface area contributed by atoms with Gasteiger partial charge in [-0.25, -0.2) is 0 Å². The van der Waals surface area contributed by atoms with Crippen molar-refractivity contribution < 1.29 is 0 Å². The third kappa shape index (κ3) is 1.24. The Morgan fingerprint density at radius 2 is 2.33 bits per heavy atom. The average molecular weight is 161 g/mol. The topological polar surface area (TPSA) is 12.4 Å². The monoisotopic (exact) mass is 161 g/mol. The average Bonchev–Trinajstić information content (AvgIpc) is 2.25. The molecule has 0 N–H and O–H groups in total. The van der Waals surface area contributed by atoms with E-state index in [9.17, 15) is 0 Å². The molecule has 1 heterocycles. The van der Waals surface area contributed by atoms with Crippen molar-refractivity contribution in [3.63, 3.8) is 0 Å². The highest BCUT2D eigenvalue weighted by Gasteiger charge is 2.28. The summed E-state index contributed by atoms with van der Waals surface area (Å²) >= 11 is 0. The van der Waals surface area contributed by atoms with Gasteiger partial charge in [-0.05, 0) is 38.2 Å². The van der Waals surface area contributed by atoms with Crippen LogP contribution < -0.4 is 0 Å². The molecule has 64 valence electrons. The minimum atomic E-state index is 0.102. The second-order valence-electron chi connectivity index (χ2n) is 3.76. The number of rotatable bonds is 0. The van der Waals surface area contributed by atoms with E-state index in [1.807, 2.05) is 0 Å². The standard InChI is InChI=1S/C11H15N/c1-11-8-4-2-3-6-10(11)7-5-9-12-11/h2,4,6,9H,3,5,7-8H2,1H3. The molecule has 1 nitrogen and oxygen atoms in total. The molecule has 0 saturated heterocycles. The second-order valence-corrected chi connectivity index (χ2v) is 3.76. The van der Waals surface area contributed by atoms with E-state index in [2.05, 4.69) is 36.4 Å². The van der Waals surface area contributed by atoms with Crippen molar-refractivity contribution in [1.29, 1.82) is 0 Å². The molecule has 1 aliphatic carbocycles. The lowest BCUT2D eigenvalue weighted by Crippen LogP contribution is -2.26. The Balaban J connectivity index is 2.35. The molecule has 0 bridgehead atoms. The van der Waals surface area contributed by atoms with Gasteiger partial charge < -0.3 is 0 Å². The number of nitrogens with zero attached hydrogens (tertiary/aromatic N) is 1. The first-order valence-corrected chi connectivity index (χ1v) is 4.69. The van der Waals surface area contributed by atoms with Crippen LogP contribution in [0.5, 0.6) is 0 Å². The summed E-state index contributed by atoms with van der Waals surface area (Å²) in [5, 5.41) is 0. The van der Waals surface area contributed by atoms with Crippen LogP contribution in [0.3, 0.4) is 0 Å². The van der Waals surface area contributed by atoms with Crippen LogP contribution in [0.4, 0.5) is 0 Å². The molecule has 0 amide bonds. The summed E-state index contributed by atoms with van der Waals surface area (Å²) in [7, 11) is 0. The van der Waals surface area contributed by atoms with Crippen LogP contribution in [-0.2, 0) is 0 Å². The van der Waals surface area contributed by atoms with E-state index in [4.69, 9.17) is 0 Å². The Kier molecular flexibility index (Phi) is 1.87. The predicted molar refractivity (Wildman–Crippen MR) is 52.6 cm³/mol. The maximum absolute atomic E-state index is 4.60. The van der Waals surface area contributed by atoms with E-state index in [1.54, 1.807) is 0 Å². The van der Waals surface area contributed by atoms with Gasteiger partial charge in [-0.2, -0.15) is 0 Å². The molecule has 0 radical (unpaired) electrons. The van der Waals surface area contributed by atoms with E-state index in [1.165, 1.54) is 12.0 Å². The van der Waals surface area contributed by atoms with Crippen LogP contribution in [-0.4, -0.2) is 11.8 Å². The first-order valence-electron chi connectivity index (χ1n) is 4.69. The molecule has 1 atom stereocenters. The van der Waals surface area contributed by atoms with Crippen molar-refractivity contribution >= 4 is 6.21 Å². The van der Waals surface area contributed by atoms with Gasteiger partial charge in [0, 0.05) is 6.21 Å². The highest BCUT2D eigenvalue weighted by molar-refractivity contribution is 5.62. The molecular weight excluding hydrogens is 146 g/mol. The summed E-state index contributed by atoms with van der Waals surface area (Å²) in [6.07, 6.45) is 13.4. The molecule has 0 aromatic heterocycles. The largest absolute Gasteiger partial charge is 0.286 e. The number of aliphatic imine (C=N–C) groups is 1. The third-order valence-electron chi connectivity index (χ3n) is 2.79. The van der Waals surface area contributed by atoms with Crippen LogP contribution >= 0.6 is 0 Å². The zero-order chi connectivity index (χ0) is 8.44. The van der Waals surface area contributed by atoms with Crippen molar-refractivity contribution in [3.05, 3.63) is 23.8 Å². The SMILES string of the molecule is CC12CC=CCC=C1CCC=N2. The third-order valence-corrected chi connectivity index (χ3v) is 2.79. The molecule has 2 aliphatic rings. The Morgan fingerprint density at radius 3 is 3.25 bits per heavy atom. The summed E-state index contributed by atoms with van der Waals surface area (Å²) in [5.41, 5.74) is 1.64. The van der Waals surface area contributed by atoms with Gasteiger partial charge >= 0.3 is 0 Å². The molecule has 0 saturated carbocycles. The second kappa shape index (κ2) is 2.89. The van der Waals surface area contributed by atoms with Crippen molar-refractivity contribution in [1.82, 2.24) is 0 Å². The van der Waals surface area contributed by atoms with Gasteiger partial charge in [0.1, 0.15) is 0 Å². The smallest absolute Gasteiger partial charge is 0.0819 e. The van der Waals surface area contributed by atoms with Gasteiger partial charge in [0.25, 0.3) is 0 Å². The predicted octanol–water partition coefficient (Wildman–Crippen LogP) is 2.89. The fourth-order valence-corrected chi connectivity index (χ4v) is 1.96. The van der Waals surface area contributed by atoms with E-state index in [0.717, 1.165) is 19.3 Å². The Morgan fingerprint density at radius 1 is 1.42 bits per heavy atom. The highest BCUT2D eigenvalue weighted by Crippen LogP contribution is 2.33. The first kappa shape index (κ1) is 7.78. The zero-order valence-electron chi connectivity index (χ0n) is 7.59. The van der Waals surface area contributed by atoms with Gasteiger partial charge in [0.05, 0.1) is 5.54 Å². The van der Waals surface area contributed by atoms with Gasteiger partial charge in [0.15, 0.2) is 0 Å². The molecule has 0 aromatic carbocycles. The van der Waals surface area contributed by atoms with Crippen molar-refractivity contribution in [2.45, 2.75) is 38.1 Å². The van der Waals surface area contributed by atoms with Crippen molar-refractivity contribution in [3.8, 4) is 0 Å². The Labute approximate surface area is 73.9 Å². The van der Waals surface area contributed by atoms with Crippen molar-refractivity contribution in [2.75, 3.05) is 0 Å². The maximum atomic E-state index is 4.60. The minimum absolute atomic E-state index is 0.102. The maximum Gasteiger partial charge on any atom is 0.0819 e. The van der Waals surface area contributed by atoms with Gasteiger partial charge in [-0.3, -0.25) is 4.99 Å². The van der Waals surface area contributed by atoms with Crippen molar-refractivity contribution in [2.24, 2.45) is 4.99 Å². The van der Waals surface area contributed by atoms with E-state index in [0.29, 0.717) is 0 Å². The van der Waals surface area contributed by atoms with E-state index in [-0.39, 0.29) is 5.54 Å². The summed E-state index contributed by atoms with van der Waals surface area (Å²) < 4.78 is 0. The lowest BCUT2D eigenvalue weighted by molar-refractivity contribution is 0.529. The molecule has 12 heavy (non-hydrogen) atoms. The minimum Gasteiger partial charge on any atom is -0.286 e. The van der Waals surface area contributed by atoms with Crippen LogP contribution in [0.25, 0.3) is 0 Å². The molecule has 1 aliphatic heterocycles. The quantitative estimate of drug-likeness (QED) is 0.484. The van der Waals surface area contributed by atoms with Gasteiger partial charge in [-0.15, -0.1) is 0 Å². The summed E-state index contributed by atoms with van der Waals surface area (Å²) in [5.74, 6) is 0. The molecule has 1 heteroatoms. The van der Waals surface area contributed by atoms with E-state index >= 15 is 0 Å². The van der Waals surface area contributed by atoms with Gasteiger partial charge in [-0.1, -0.05) is 18.2 Å². The van der Waals surface area contributed by atoms with Crippen LogP contribution in [0, 0.1) is 0 Å². The molecular formula is C11H15N. The Bertz CT molecular complexity index is 260. The number of hydrogen-bond donors (Lipinski definition) is 0. The number of hydrogen-bond acceptors (Lipinski definition) is 1. The first-order chi connectivity index (χ1) is 5.81. The van der Waals surface area contributed by atoms with Gasteiger partial charge in [0.2, 0.25) is 0 Å². The molecule has 2 rings (SSSR count). The fraction of sp³-hybridized carbons (Fsp3) is 0.545. The lowest BCUT2D eigenvalue weighted by atomic mass is 9.84. The molecule has 0 aromatic rings. The lowest BCUT2D eigenvalue weighted by Gasteiger charge is -2.29. The number of allylic oxidation sites excluding steroid dienone is 2. The highest BCUT2D eigenvalue weighted by atomic mass is 14.9. The summed E-state index contributed by atoms with van der Waals surface area (Å²) in [6, 6.07) is 0.